The Hall–Kier alpha value is -0.610. The first-order valence-electron chi connectivity index (χ1n) is 6.02. The number of nitrogens with one attached hydrogen (secondary N) is 1. The molecule has 16 heavy (non-hydrogen) atoms. The number of nitrogens with two attached hydrogens (primary N) is 1. The van der Waals surface area contributed by atoms with Gasteiger partial charge in [0.1, 0.15) is 0 Å². The van der Waals surface area contributed by atoms with Crippen LogP contribution in [0.3, 0.4) is 0 Å². The van der Waals surface area contributed by atoms with E-state index < -0.39 is 0 Å². The van der Waals surface area contributed by atoms with Gasteiger partial charge in [-0.05, 0) is 26.2 Å². The molecule has 0 aliphatic rings. The standard InChI is InChI=1S/C12H26N2O2/c1-5-16-7-6-11(15)14-12(4,9-13)8-10(2)3/h10H,5-9,13H2,1-4H3,(H,14,15). The van der Waals surface area contributed by atoms with Crippen molar-refractivity contribution in [1.29, 1.82) is 0 Å². The lowest BCUT2D eigenvalue weighted by Crippen LogP contribution is -2.52. The average molecular weight is 230 g/mol. The van der Waals surface area contributed by atoms with Gasteiger partial charge in [0.2, 0.25) is 5.91 Å². The van der Waals surface area contributed by atoms with E-state index in [4.69, 9.17) is 10.5 Å². The summed E-state index contributed by atoms with van der Waals surface area (Å²) < 4.78 is 5.14. The molecule has 0 aliphatic carbocycles. The molecular formula is C12H26N2O2. The molecule has 1 atom stereocenters. The van der Waals surface area contributed by atoms with E-state index in [0.717, 1.165) is 6.42 Å². The average Bonchev–Trinajstić information content (AvgIpc) is 2.16. The van der Waals surface area contributed by atoms with Crippen molar-refractivity contribution in [2.45, 2.75) is 46.1 Å². The first-order chi connectivity index (χ1) is 7.43. The number of hydrogen-bond acceptors (Lipinski definition) is 3. The zero-order chi connectivity index (χ0) is 12.6. The zero-order valence-corrected chi connectivity index (χ0v) is 11.0. The summed E-state index contributed by atoms with van der Waals surface area (Å²) in [4.78, 5) is 11.6. The molecule has 1 unspecified atom stereocenters. The fourth-order valence-electron chi connectivity index (χ4n) is 1.79. The summed E-state index contributed by atoms with van der Waals surface area (Å²) in [5, 5.41) is 2.99. The molecule has 0 aliphatic heterocycles. The molecule has 4 heteroatoms. The maximum atomic E-state index is 11.6. The third-order valence-corrected chi connectivity index (χ3v) is 2.43. The molecule has 0 spiro atoms. The second-order valence-corrected chi connectivity index (χ2v) is 4.86. The van der Waals surface area contributed by atoms with E-state index in [1.54, 1.807) is 0 Å². The minimum Gasteiger partial charge on any atom is -0.381 e. The van der Waals surface area contributed by atoms with E-state index in [1.165, 1.54) is 0 Å². The van der Waals surface area contributed by atoms with Crippen LogP contribution in [0.4, 0.5) is 0 Å². The van der Waals surface area contributed by atoms with Crippen LogP contribution < -0.4 is 11.1 Å². The van der Waals surface area contributed by atoms with Gasteiger partial charge in [-0.2, -0.15) is 0 Å². The van der Waals surface area contributed by atoms with E-state index in [0.29, 0.717) is 32.1 Å². The van der Waals surface area contributed by atoms with E-state index in [1.807, 2.05) is 13.8 Å². The smallest absolute Gasteiger partial charge is 0.222 e. The van der Waals surface area contributed by atoms with Crippen LogP contribution in [-0.4, -0.2) is 31.2 Å². The first-order valence-corrected chi connectivity index (χ1v) is 6.02. The molecule has 0 saturated carbocycles. The zero-order valence-electron chi connectivity index (χ0n) is 11.0. The second kappa shape index (κ2) is 7.63. The van der Waals surface area contributed by atoms with Crippen molar-refractivity contribution in [2.24, 2.45) is 11.7 Å². The number of amides is 1. The van der Waals surface area contributed by atoms with Crippen molar-refractivity contribution in [1.82, 2.24) is 5.32 Å². The highest BCUT2D eigenvalue weighted by Crippen LogP contribution is 2.15. The van der Waals surface area contributed by atoms with Gasteiger partial charge >= 0.3 is 0 Å². The molecule has 0 aromatic heterocycles. The van der Waals surface area contributed by atoms with Crippen LogP contribution in [0.1, 0.15) is 40.5 Å². The Morgan fingerprint density at radius 2 is 2.12 bits per heavy atom. The largest absolute Gasteiger partial charge is 0.381 e. The van der Waals surface area contributed by atoms with Crippen molar-refractivity contribution in [3.8, 4) is 0 Å². The van der Waals surface area contributed by atoms with Gasteiger partial charge in [0.15, 0.2) is 0 Å². The van der Waals surface area contributed by atoms with Gasteiger partial charge in [-0.1, -0.05) is 13.8 Å². The van der Waals surface area contributed by atoms with E-state index >= 15 is 0 Å². The van der Waals surface area contributed by atoms with Crippen molar-refractivity contribution in [3.05, 3.63) is 0 Å². The fourth-order valence-corrected chi connectivity index (χ4v) is 1.79. The minimum atomic E-state index is -0.294. The van der Waals surface area contributed by atoms with Gasteiger partial charge in [0, 0.05) is 25.1 Å². The highest BCUT2D eigenvalue weighted by molar-refractivity contribution is 5.76. The van der Waals surface area contributed by atoms with Crippen LogP contribution in [0.2, 0.25) is 0 Å². The third kappa shape index (κ3) is 6.80. The molecule has 0 radical (unpaired) electrons. The quantitative estimate of drug-likeness (QED) is 0.618. The predicted octanol–water partition coefficient (Wildman–Crippen LogP) is 1.29. The summed E-state index contributed by atoms with van der Waals surface area (Å²) in [6.07, 6.45) is 1.30. The number of rotatable bonds is 8. The molecule has 0 aromatic rings. The van der Waals surface area contributed by atoms with E-state index in [2.05, 4.69) is 19.2 Å². The van der Waals surface area contributed by atoms with Crippen LogP contribution in [0, 0.1) is 5.92 Å². The Morgan fingerprint density at radius 3 is 2.56 bits per heavy atom. The monoisotopic (exact) mass is 230 g/mol. The highest BCUT2D eigenvalue weighted by Gasteiger charge is 2.25. The van der Waals surface area contributed by atoms with Crippen LogP contribution in [-0.2, 0) is 9.53 Å². The summed E-state index contributed by atoms with van der Waals surface area (Å²) in [5.74, 6) is 0.530. The molecule has 0 rings (SSSR count). The molecule has 0 saturated heterocycles. The number of carbonyl (C=O) groups excluding carboxylic acids is 1. The van der Waals surface area contributed by atoms with Crippen LogP contribution >= 0.6 is 0 Å². The lowest BCUT2D eigenvalue weighted by molar-refractivity contribution is -0.124. The number of hydrogen-bond donors (Lipinski definition) is 2. The maximum Gasteiger partial charge on any atom is 0.222 e. The number of ether oxygens (including phenoxy) is 1. The van der Waals surface area contributed by atoms with Crippen LogP contribution in [0.15, 0.2) is 0 Å². The van der Waals surface area contributed by atoms with E-state index in [9.17, 15) is 4.79 Å². The van der Waals surface area contributed by atoms with E-state index in [-0.39, 0.29) is 11.4 Å². The molecular weight excluding hydrogens is 204 g/mol. The van der Waals surface area contributed by atoms with Crippen molar-refractivity contribution in [3.63, 3.8) is 0 Å². The molecule has 3 N–H and O–H groups in total. The topological polar surface area (TPSA) is 64.3 Å². The Balaban J connectivity index is 4.04. The normalized spacial score (nSPS) is 14.9. The molecule has 4 nitrogen and oxygen atoms in total. The fraction of sp³-hybridized carbons (Fsp3) is 0.917. The Bertz CT molecular complexity index is 207. The van der Waals surface area contributed by atoms with Crippen LogP contribution in [0.25, 0.3) is 0 Å². The van der Waals surface area contributed by atoms with Gasteiger partial charge in [0.25, 0.3) is 0 Å². The Labute approximate surface area is 98.9 Å². The SMILES string of the molecule is CCOCCC(=O)NC(C)(CN)CC(C)C. The van der Waals surface area contributed by atoms with Crippen molar-refractivity contribution < 1.29 is 9.53 Å². The van der Waals surface area contributed by atoms with Gasteiger partial charge in [-0.25, -0.2) is 0 Å². The molecule has 0 aromatic carbocycles. The first kappa shape index (κ1) is 15.4. The van der Waals surface area contributed by atoms with Gasteiger partial charge < -0.3 is 15.8 Å². The molecule has 1 amide bonds. The predicted molar refractivity (Wildman–Crippen MR) is 66.2 cm³/mol. The minimum absolute atomic E-state index is 0.0158. The molecule has 0 fully saturated rings. The van der Waals surface area contributed by atoms with Crippen molar-refractivity contribution in [2.75, 3.05) is 19.8 Å². The summed E-state index contributed by atoms with van der Waals surface area (Å²) in [6.45, 7) is 9.75. The Kier molecular flexibility index (Phi) is 7.34. The van der Waals surface area contributed by atoms with Crippen LogP contribution in [0.5, 0.6) is 0 Å². The second-order valence-electron chi connectivity index (χ2n) is 4.86. The number of carbonyl (C=O) groups is 1. The highest BCUT2D eigenvalue weighted by atomic mass is 16.5. The third-order valence-electron chi connectivity index (χ3n) is 2.43. The van der Waals surface area contributed by atoms with Gasteiger partial charge in [-0.15, -0.1) is 0 Å². The summed E-state index contributed by atoms with van der Waals surface area (Å²) in [5.41, 5.74) is 5.42. The lowest BCUT2D eigenvalue weighted by atomic mass is 9.90. The summed E-state index contributed by atoms with van der Waals surface area (Å²) >= 11 is 0. The molecule has 96 valence electrons. The summed E-state index contributed by atoms with van der Waals surface area (Å²) in [6, 6.07) is 0. The molecule has 0 bridgehead atoms. The lowest BCUT2D eigenvalue weighted by Gasteiger charge is -2.31. The maximum absolute atomic E-state index is 11.6. The van der Waals surface area contributed by atoms with Crippen molar-refractivity contribution >= 4 is 5.91 Å². The summed E-state index contributed by atoms with van der Waals surface area (Å²) in [7, 11) is 0. The van der Waals surface area contributed by atoms with Gasteiger partial charge in [-0.3, -0.25) is 4.79 Å². The Morgan fingerprint density at radius 1 is 1.50 bits per heavy atom. The molecule has 0 heterocycles. The van der Waals surface area contributed by atoms with Gasteiger partial charge in [0.05, 0.1) is 6.61 Å².